The van der Waals surface area contributed by atoms with E-state index in [1.54, 1.807) is 18.2 Å². The zero-order valence-corrected chi connectivity index (χ0v) is 13.2. The van der Waals surface area contributed by atoms with Crippen LogP contribution in [0.15, 0.2) is 51.4 Å². The molecule has 0 saturated heterocycles. The van der Waals surface area contributed by atoms with Crippen molar-refractivity contribution >= 4 is 49.2 Å². The van der Waals surface area contributed by atoms with Crippen molar-refractivity contribution in [3.05, 3.63) is 67.6 Å². The van der Waals surface area contributed by atoms with Gasteiger partial charge in [-0.2, -0.15) is 0 Å². The van der Waals surface area contributed by atoms with Gasteiger partial charge in [0.1, 0.15) is 0 Å². The van der Waals surface area contributed by atoms with Gasteiger partial charge in [-0.15, -0.1) is 0 Å². The zero-order valence-electron chi connectivity index (χ0n) is 9.29. The molecule has 0 bridgehead atoms. The highest BCUT2D eigenvalue weighted by Gasteiger charge is 2.09. The van der Waals surface area contributed by atoms with Gasteiger partial charge in [0.2, 0.25) is 0 Å². The molecule has 0 heterocycles. The Morgan fingerprint density at radius 3 is 2.50 bits per heavy atom. The quantitative estimate of drug-likeness (QED) is 0.653. The molecule has 2 aromatic rings. The van der Waals surface area contributed by atoms with Crippen LogP contribution in [-0.2, 0) is 6.42 Å². The lowest BCUT2D eigenvalue weighted by Crippen LogP contribution is -2.03. The fraction of sp³-hybridized carbons (Fsp3) is 0.0714. The number of benzene rings is 2. The highest BCUT2D eigenvalue weighted by molar-refractivity contribution is 9.10. The van der Waals surface area contributed by atoms with Gasteiger partial charge >= 0.3 is 0 Å². The predicted octanol–water partition coefficient (Wildman–Crippen LogP) is 5.29. The Morgan fingerprint density at radius 1 is 1.06 bits per heavy atom. The Morgan fingerprint density at radius 2 is 1.83 bits per heavy atom. The van der Waals surface area contributed by atoms with E-state index in [4.69, 9.17) is 11.6 Å². The maximum absolute atomic E-state index is 12.1. The van der Waals surface area contributed by atoms with Crippen LogP contribution in [0.2, 0.25) is 5.02 Å². The molecule has 92 valence electrons. The van der Waals surface area contributed by atoms with Crippen LogP contribution in [0.1, 0.15) is 15.9 Å². The van der Waals surface area contributed by atoms with E-state index in [2.05, 4.69) is 31.9 Å². The first-order valence-corrected chi connectivity index (χ1v) is 7.25. The normalized spacial score (nSPS) is 10.4. The largest absolute Gasteiger partial charge is 0.294 e. The second-order valence-electron chi connectivity index (χ2n) is 3.89. The standard InChI is InChI=1S/C14H9Br2ClO/c15-11-3-1-2-9(4-11)5-14(18)10-6-12(16)8-13(17)7-10/h1-4,6-8H,5H2. The van der Waals surface area contributed by atoms with Crippen molar-refractivity contribution in [1.29, 1.82) is 0 Å². The van der Waals surface area contributed by atoms with Gasteiger partial charge < -0.3 is 0 Å². The Bertz CT molecular complexity index is 576. The summed E-state index contributed by atoms with van der Waals surface area (Å²) in [6, 6.07) is 13.0. The number of rotatable bonds is 3. The first-order valence-electron chi connectivity index (χ1n) is 5.28. The van der Waals surface area contributed by atoms with Crippen molar-refractivity contribution in [3.8, 4) is 0 Å². The Hall–Kier alpha value is -0.640. The van der Waals surface area contributed by atoms with E-state index in [1.165, 1.54) is 0 Å². The highest BCUT2D eigenvalue weighted by atomic mass is 79.9. The van der Waals surface area contributed by atoms with Crippen LogP contribution in [0.3, 0.4) is 0 Å². The molecule has 0 fully saturated rings. The lowest BCUT2D eigenvalue weighted by Gasteiger charge is -2.04. The van der Waals surface area contributed by atoms with Crippen molar-refractivity contribution in [2.24, 2.45) is 0 Å². The van der Waals surface area contributed by atoms with Crippen molar-refractivity contribution < 1.29 is 4.79 Å². The number of hydrogen-bond acceptors (Lipinski definition) is 1. The van der Waals surface area contributed by atoms with Crippen molar-refractivity contribution in [3.63, 3.8) is 0 Å². The average molecular weight is 388 g/mol. The molecule has 4 heteroatoms. The van der Waals surface area contributed by atoms with Gasteiger partial charge in [-0.3, -0.25) is 4.79 Å². The minimum absolute atomic E-state index is 0.0521. The molecule has 0 N–H and O–H groups in total. The van der Waals surface area contributed by atoms with E-state index in [-0.39, 0.29) is 5.78 Å². The first-order chi connectivity index (χ1) is 8.54. The number of carbonyl (C=O) groups excluding carboxylic acids is 1. The molecule has 0 aliphatic rings. The molecule has 0 atom stereocenters. The molecule has 0 unspecified atom stereocenters. The number of ketones is 1. The lowest BCUT2D eigenvalue weighted by molar-refractivity contribution is 0.0993. The molecule has 0 aromatic heterocycles. The van der Waals surface area contributed by atoms with Gasteiger partial charge in [-0.1, -0.05) is 55.6 Å². The molecule has 0 spiro atoms. The second-order valence-corrected chi connectivity index (χ2v) is 6.16. The van der Waals surface area contributed by atoms with Gasteiger partial charge in [-0.25, -0.2) is 0 Å². The first kappa shape index (κ1) is 13.8. The summed E-state index contributed by atoms with van der Waals surface area (Å²) in [5.74, 6) is 0.0521. The Balaban J connectivity index is 2.22. The SMILES string of the molecule is O=C(Cc1cccc(Br)c1)c1cc(Cl)cc(Br)c1. The molecule has 0 saturated carbocycles. The monoisotopic (exact) mass is 386 g/mol. The van der Waals surface area contributed by atoms with Gasteiger partial charge in [0.05, 0.1) is 0 Å². The fourth-order valence-electron chi connectivity index (χ4n) is 1.65. The van der Waals surface area contributed by atoms with Crippen LogP contribution in [0.4, 0.5) is 0 Å². The number of hydrogen-bond donors (Lipinski definition) is 0. The van der Waals surface area contributed by atoms with Crippen molar-refractivity contribution in [2.45, 2.75) is 6.42 Å². The number of halogens is 3. The molecule has 0 aliphatic carbocycles. The van der Waals surface area contributed by atoms with Crippen LogP contribution < -0.4 is 0 Å². The third-order valence-electron chi connectivity index (χ3n) is 2.44. The van der Waals surface area contributed by atoms with Gasteiger partial charge in [-0.05, 0) is 35.9 Å². The summed E-state index contributed by atoms with van der Waals surface area (Å²) in [5, 5.41) is 0.557. The van der Waals surface area contributed by atoms with Gasteiger partial charge in [0, 0.05) is 26.0 Å². The van der Waals surface area contributed by atoms with Crippen molar-refractivity contribution in [2.75, 3.05) is 0 Å². The van der Waals surface area contributed by atoms with Crippen LogP contribution in [0, 0.1) is 0 Å². The molecular weight excluding hydrogens is 379 g/mol. The van der Waals surface area contributed by atoms with Gasteiger partial charge in [0.25, 0.3) is 0 Å². The van der Waals surface area contributed by atoms with E-state index in [1.807, 2.05) is 24.3 Å². The van der Waals surface area contributed by atoms with Crippen LogP contribution >= 0.6 is 43.5 Å². The minimum Gasteiger partial charge on any atom is -0.294 e. The molecule has 2 rings (SSSR count). The number of Topliss-reactive ketones (excluding diaryl/α,β-unsaturated/α-hetero) is 1. The van der Waals surface area contributed by atoms with E-state index in [0.29, 0.717) is 17.0 Å². The molecule has 1 nitrogen and oxygen atoms in total. The third-order valence-corrected chi connectivity index (χ3v) is 3.61. The molecule has 2 aromatic carbocycles. The van der Waals surface area contributed by atoms with E-state index >= 15 is 0 Å². The Labute approximate surface area is 127 Å². The van der Waals surface area contributed by atoms with Crippen LogP contribution in [-0.4, -0.2) is 5.78 Å². The molecular formula is C14H9Br2ClO. The maximum atomic E-state index is 12.1. The van der Waals surface area contributed by atoms with Crippen LogP contribution in [0.5, 0.6) is 0 Å². The lowest BCUT2D eigenvalue weighted by atomic mass is 10.0. The van der Waals surface area contributed by atoms with Crippen molar-refractivity contribution in [1.82, 2.24) is 0 Å². The molecule has 0 amide bonds. The summed E-state index contributed by atoms with van der Waals surface area (Å²) in [6.07, 6.45) is 0.367. The summed E-state index contributed by atoms with van der Waals surface area (Å²) in [6.45, 7) is 0. The van der Waals surface area contributed by atoms with Gasteiger partial charge in [0.15, 0.2) is 5.78 Å². The highest BCUT2D eigenvalue weighted by Crippen LogP contribution is 2.21. The maximum Gasteiger partial charge on any atom is 0.167 e. The zero-order chi connectivity index (χ0) is 13.1. The second kappa shape index (κ2) is 6.00. The smallest absolute Gasteiger partial charge is 0.167 e. The summed E-state index contributed by atoms with van der Waals surface area (Å²) in [7, 11) is 0. The average Bonchev–Trinajstić information content (AvgIpc) is 2.27. The Kier molecular flexibility index (Phi) is 4.60. The third kappa shape index (κ3) is 3.67. The number of carbonyl (C=O) groups is 1. The van der Waals surface area contributed by atoms with E-state index in [9.17, 15) is 4.79 Å². The molecule has 0 radical (unpaired) electrons. The summed E-state index contributed by atoms with van der Waals surface area (Å²) in [5.41, 5.74) is 1.60. The van der Waals surface area contributed by atoms with E-state index < -0.39 is 0 Å². The minimum atomic E-state index is 0.0521. The summed E-state index contributed by atoms with van der Waals surface area (Å²) in [4.78, 5) is 12.1. The van der Waals surface area contributed by atoms with E-state index in [0.717, 1.165) is 14.5 Å². The topological polar surface area (TPSA) is 17.1 Å². The summed E-state index contributed by atoms with van der Waals surface area (Å²) < 4.78 is 1.78. The predicted molar refractivity (Wildman–Crippen MR) is 81.3 cm³/mol. The summed E-state index contributed by atoms with van der Waals surface area (Å²) >= 11 is 12.7. The van der Waals surface area contributed by atoms with Crippen LogP contribution in [0.25, 0.3) is 0 Å². The fourth-order valence-corrected chi connectivity index (χ4v) is 2.96. The molecule has 0 aliphatic heterocycles. The molecule has 18 heavy (non-hydrogen) atoms.